The van der Waals surface area contributed by atoms with Gasteiger partial charge in [-0.05, 0) is 86.3 Å². The van der Waals surface area contributed by atoms with Crippen LogP contribution < -0.4 is 0 Å². The molecule has 1 heteroatoms. The third-order valence-corrected chi connectivity index (χ3v) is 7.97. The first-order valence-electron chi connectivity index (χ1n) is 13.5. The Morgan fingerprint density at radius 3 is 1.72 bits per heavy atom. The van der Waals surface area contributed by atoms with Crippen LogP contribution in [-0.4, -0.2) is 4.57 Å². The molecule has 1 nitrogen and oxygen atoms in total. The SMILES string of the molecule is c1ccc(-c2cc3ccc(-c4ccc5c(c4)c4ccccc4n5-c4ccccc4)cc3c3ccccc23)cc1. The van der Waals surface area contributed by atoms with Gasteiger partial charge in [0, 0.05) is 16.5 Å². The quantitative estimate of drug-likeness (QED) is 0.215. The average Bonchev–Trinajstić information content (AvgIpc) is 3.35. The van der Waals surface area contributed by atoms with E-state index in [9.17, 15) is 0 Å². The van der Waals surface area contributed by atoms with Crippen molar-refractivity contribution in [1.82, 2.24) is 4.57 Å². The first-order chi connectivity index (χ1) is 19.3. The van der Waals surface area contributed by atoms with Gasteiger partial charge in [0.1, 0.15) is 0 Å². The lowest BCUT2D eigenvalue weighted by Gasteiger charge is -2.13. The first-order valence-corrected chi connectivity index (χ1v) is 13.5. The number of fused-ring (bicyclic) bond motifs is 6. The molecule has 0 saturated heterocycles. The summed E-state index contributed by atoms with van der Waals surface area (Å²) in [5, 5.41) is 7.67. The molecule has 0 saturated carbocycles. The summed E-state index contributed by atoms with van der Waals surface area (Å²) in [6.45, 7) is 0. The summed E-state index contributed by atoms with van der Waals surface area (Å²) in [6, 6.07) is 55.0. The Labute approximate surface area is 227 Å². The lowest BCUT2D eigenvalue weighted by molar-refractivity contribution is 1.18. The molecule has 39 heavy (non-hydrogen) atoms. The molecule has 7 aromatic carbocycles. The van der Waals surface area contributed by atoms with E-state index in [4.69, 9.17) is 0 Å². The highest BCUT2D eigenvalue weighted by molar-refractivity contribution is 6.15. The summed E-state index contributed by atoms with van der Waals surface area (Å²) in [4.78, 5) is 0. The van der Waals surface area contributed by atoms with Gasteiger partial charge >= 0.3 is 0 Å². The van der Waals surface area contributed by atoms with Crippen LogP contribution in [0.3, 0.4) is 0 Å². The van der Waals surface area contributed by atoms with Crippen molar-refractivity contribution in [1.29, 1.82) is 0 Å². The Bertz CT molecular complexity index is 2150. The zero-order valence-electron chi connectivity index (χ0n) is 21.4. The number of para-hydroxylation sites is 2. The van der Waals surface area contributed by atoms with E-state index in [2.05, 4.69) is 156 Å². The van der Waals surface area contributed by atoms with E-state index in [0.717, 1.165) is 0 Å². The summed E-state index contributed by atoms with van der Waals surface area (Å²) in [7, 11) is 0. The summed E-state index contributed by atoms with van der Waals surface area (Å²) >= 11 is 0. The highest BCUT2D eigenvalue weighted by Gasteiger charge is 2.14. The van der Waals surface area contributed by atoms with Gasteiger partial charge in [0.2, 0.25) is 0 Å². The maximum Gasteiger partial charge on any atom is 0.0541 e. The molecule has 0 aliphatic carbocycles. The second-order valence-electron chi connectivity index (χ2n) is 10.2. The van der Waals surface area contributed by atoms with Gasteiger partial charge in [0.15, 0.2) is 0 Å². The van der Waals surface area contributed by atoms with Crippen molar-refractivity contribution in [3.05, 3.63) is 152 Å². The number of hydrogen-bond acceptors (Lipinski definition) is 0. The normalized spacial score (nSPS) is 11.6. The largest absolute Gasteiger partial charge is 0.309 e. The number of benzene rings is 7. The molecule has 182 valence electrons. The molecule has 0 N–H and O–H groups in total. The predicted molar refractivity (Wildman–Crippen MR) is 167 cm³/mol. The number of rotatable bonds is 3. The Morgan fingerprint density at radius 2 is 0.923 bits per heavy atom. The van der Waals surface area contributed by atoms with Crippen molar-refractivity contribution in [3.63, 3.8) is 0 Å². The minimum absolute atomic E-state index is 1.18. The van der Waals surface area contributed by atoms with E-state index in [1.165, 1.54) is 71.3 Å². The van der Waals surface area contributed by atoms with Crippen LogP contribution >= 0.6 is 0 Å². The fourth-order valence-corrected chi connectivity index (χ4v) is 6.15. The monoisotopic (exact) mass is 495 g/mol. The van der Waals surface area contributed by atoms with Crippen LogP contribution in [0.25, 0.3) is 71.3 Å². The second kappa shape index (κ2) is 8.72. The number of aromatic nitrogens is 1. The van der Waals surface area contributed by atoms with Crippen LogP contribution in [-0.2, 0) is 0 Å². The molecule has 1 aromatic heterocycles. The molecule has 1 heterocycles. The Morgan fingerprint density at radius 1 is 0.333 bits per heavy atom. The highest BCUT2D eigenvalue weighted by atomic mass is 15.0. The summed E-state index contributed by atoms with van der Waals surface area (Å²) in [5.41, 5.74) is 8.64. The third kappa shape index (κ3) is 3.48. The Kier molecular flexibility index (Phi) is 4.89. The van der Waals surface area contributed by atoms with Crippen molar-refractivity contribution < 1.29 is 0 Å². The molecule has 0 spiro atoms. The molecule has 0 unspecified atom stereocenters. The summed E-state index contributed by atoms with van der Waals surface area (Å²) < 4.78 is 2.37. The maximum atomic E-state index is 2.37. The summed E-state index contributed by atoms with van der Waals surface area (Å²) in [5.74, 6) is 0. The molecule has 0 radical (unpaired) electrons. The van der Waals surface area contributed by atoms with Crippen LogP contribution in [0.2, 0.25) is 0 Å². The van der Waals surface area contributed by atoms with Crippen molar-refractivity contribution in [3.8, 4) is 27.9 Å². The van der Waals surface area contributed by atoms with Crippen LogP contribution in [0.15, 0.2) is 152 Å². The topological polar surface area (TPSA) is 4.93 Å². The van der Waals surface area contributed by atoms with Gasteiger partial charge in [-0.25, -0.2) is 0 Å². The Hall–Kier alpha value is -5.14. The summed E-state index contributed by atoms with van der Waals surface area (Å²) in [6.07, 6.45) is 0. The fraction of sp³-hybridized carbons (Fsp3) is 0. The zero-order chi connectivity index (χ0) is 25.8. The van der Waals surface area contributed by atoms with Gasteiger partial charge in [0.05, 0.1) is 11.0 Å². The van der Waals surface area contributed by atoms with E-state index in [0.29, 0.717) is 0 Å². The van der Waals surface area contributed by atoms with Crippen molar-refractivity contribution in [2.75, 3.05) is 0 Å². The molecule has 0 amide bonds. The molecule has 8 rings (SSSR count). The van der Waals surface area contributed by atoms with Gasteiger partial charge in [-0.3, -0.25) is 0 Å². The fourth-order valence-electron chi connectivity index (χ4n) is 6.15. The molecular formula is C38H25N. The van der Waals surface area contributed by atoms with E-state index >= 15 is 0 Å². The second-order valence-corrected chi connectivity index (χ2v) is 10.2. The molecule has 8 aromatic rings. The molecule has 0 aliphatic rings. The molecular weight excluding hydrogens is 470 g/mol. The van der Waals surface area contributed by atoms with Gasteiger partial charge in [-0.1, -0.05) is 109 Å². The van der Waals surface area contributed by atoms with Crippen LogP contribution in [0.4, 0.5) is 0 Å². The first kappa shape index (κ1) is 21.9. The average molecular weight is 496 g/mol. The molecule has 0 aliphatic heterocycles. The van der Waals surface area contributed by atoms with Crippen molar-refractivity contribution >= 4 is 43.4 Å². The Balaban J connectivity index is 1.35. The lowest BCUT2D eigenvalue weighted by Crippen LogP contribution is -1.92. The van der Waals surface area contributed by atoms with Gasteiger partial charge in [-0.2, -0.15) is 0 Å². The number of nitrogens with zero attached hydrogens (tertiary/aromatic N) is 1. The number of hydrogen-bond donors (Lipinski definition) is 0. The van der Waals surface area contributed by atoms with Crippen LogP contribution in [0, 0.1) is 0 Å². The lowest BCUT2D eigenvalue weighted by atomic mass is 9.91. The van der Waals surface area contributed by atoms with Crippen molar-refractivity contribution in [2.45, 2.75) is 0 Å². The van der Waals surface area contributed by atoms with Gasteiger partial charge in [0.25, 0.3) is 0 Å². The molecule has 0 bridgehead atoms. The minimum Gasteiger partial charge on any atom is -0.309 e. The zero-order valence-corrected chi connectivity index (χ0v) is 21.4. The highest BCUT2D eigenvalue weighted by Crippen LogP contribution is 2.38. The van der Waals surface area contributed by atoms with E-state index < -0.39 is 0 Å². The van der Waals surface area contributed by atoms with E-state index in [1.54, 1.807) is 0 Å². The van der Waals surface area contributed by atoms with Crippen molar-refractivity contribution in [2.24, 2.45) is 0 Å². The standard InChI is InChI=1S/C38H25N/c1-3-11-26(12-4-1)34-25-29-20-19-27(23-35(29)32-16-8-7-15-31(32)34)28-21-22-38-36(24-28)33-17-9-10-18-37(33)39(38)30-13-5-2-6-14-30/h1-25H. The molecule has 0 fully saturated rings. The minimum atomic E-state index is 1.18. The van der Waals surface area contributed by atoms with E-state index in [1.807, 2.05) is 0 Å². The van der Waals surface area contributed by atoms with E-state index in [-0.39, 0.29) is 0 Å². The third-order valence-electron chi connectivity index (χ3n) is 7.97. The van der Waals surface area contributed by atoms with Gasteiger partial charge < -0.3 is 4.57 Å². The van der Waals surface area contributed by atoms with Crippen LogP contribution in [0.5, 0.6) is 0 Å². The smallest absolute Gasteiger partial charge is 0.0541 e. The molecule has 0 atom stereocenters. The van der Waals surface area contributed by atoms with Crippen LogP contribution in [0.1, 0.15) is 0 Å². The van der Waals surface area contributed by atoms with Gasteiger partial charge in [-0.15, -0.1) is 0 Å². The predicted octanol–water partition coefficient (Wildman–Crippen LogP) is 10.4. The maximum absolute atomic E-state index is 2.37.